The zero-order chi connectivity index (χ0) is 38.6. The number of aliphatic hydroxyl groups is 1. The molecule has 10 nitrogen and oxygen atoms in total. The molecule has 0 bridgehead atoms. The number of benzene rings is 5. The molecule has 5 aromatic rings. The zero-order valence-electron chi connectivity index (χ0n) is 31.5. The van der Waals surface area contributed by atoms with Crippen LogP contribution in [0.15, 0.2) is 152 Å². The molecule has 5 aromatic carbocycles. The van der Waals surface area contributed by atoms with Crippen molar-refractivity contribution in [2.75, 3.05) is 19.8 Å². The third kappa shape index (κ3) is 13.1. The maximum Gasteiger partial charge on any atom is 0.407 e. The first-order valence-corrected chi connectivity index (χ1v) is 19.1. The molecule has 6 rings (SSSR count). The highest BCUT2D eigenvalue weighted by molar-refractivity contribution is 5.67. The summed E-state index contributed by atoms with van der Waals surface area (Å²) in [6.45, 7) is 1.92. The molecule has 0 unspecified atom stereocenters. The lowest BCUT2D eigenvalue weighted by molar-refractivity contribution is -0.332. The molecule has 294 valence electrons. The molecule has 0 spiro atoms. The first-order valence-electron chi connectivity index (χ1n) is 19.1. The van der Waals surface area contributed by atoms with Gasteiger partial charge in [0.25, 0.3) is 0 Å². The van der Waals surface area contributed by atoms with Gasteiger partial charge in [-0.3, -0.25) is 0 Å². The van der Waals surface area contributed by atoms with E-state index in [0.29, 0.717) is 19.6 Å². The van der Waals surface area contributed by atoms with Crippen molar-refractivity contribution >= 4 is 6.09 Å². The molecule has 1 amide bonds. The first kappa shape index (κ1) is 40.7. The summed E-state index contributed by atoms with van der Waals surface area (Å²) >= 11 is 0. The maximum absolute atomic E-state index is 12.4. The van der Waals surface area contributed by atoms with Crippen LogP contribution in [0.2, 0.25) is 0 Å². The Kier molecular flexibility index (Phi) is 16.4. The van der Waals surface area contributed by atoms with Crippen LogP contribution in [0.1, 0.15) is 34.2 Å². The van der Waals surface area contributed by atoms with Crippen molar-refractivity contribution < 1.29 is 43.1 Å². The van der Waals surface area contributed by atoms with Crippen LogP contribution in [0.3, 0.4) is 0 Å². The molecule has 1 aliphatic heterocycles. The van der Waals surface area contributed by atoms with Gasteiger partial charge in [-0.25, -0.2) is 4.79 Å². The summed E-state index contributed by atoms with van der Waals surface area (Å²) in [5.74, 6) is 0. The van der Waals surface area contributed by atoms with Gasteiger partial charge in [0.15, 0.2) is 6.29 Å². The molecule has 0 saturated carbocycles. The van der Waals surface area contributed by atoms with Gasteiger partial charge in [0, 0.05) is 6.54 Å². The van der Waals surface area contributed by atoms with Gasteiger partial charge in [0.05, 0.1) is 39.6 Å². The monoisotopic (exact) mass is 761 g/mol. The number of amides is 1. The van der Waals surface area contributed by atoms with Crippen LogP contribution in [0.5, 0.6) is 0 Å². The molecule has 1 heterocycles. The predicted molar refractivity (Wildman–Crippen MR) is 211 cm³/mol. The second kappa shape index (κ2) is 22.6. The SMILES string of the molecule is O=C(NCCCO[C@@H]1O[C@H]([C@H](COCc2ccccc2)OCc2ccccc2)[C@@H](OCc2ccccc2)[C@H](O)[C@@H]1OCc1ccccc1)OCc1ccccc1. The van der Waals surface area contributed by atoms with Gasteiger partial charge in [-0.2, -0.15) is 0 Å². The van der Waals surface area contributed by atoms with E-state index in [1.54, 1.807) is 0 Å². The predicted octanol–water partition coefficient (Wildman–Crippen LogP) is 7.38. The van der Waals surface area contributed by atoms with Gasteiger partial charge >= 0.3 is 6.09 Å². The number of carbonyl (C=O) groups is 1. The molecule has 1 fully saturated rings. The number of carbonyl (C=O) groups excluding carboxylic acids is 1. The van der Waals surface area contributed by atoms with E-state index in [-0.39, 0.29) is 39.6 Å². The normalized spacial score (nSPS) is 19.9. The van der Waals surface area contributed by atoms with Gasteiger partial charge in [-0.15, -0.1) is 0 Å². The minimum Gasteiger partial charge on any atom is -0.445 e. The fraction of sp³-hybridized carbons (Fsp3) is 0.326. The molecular weight excluding hydrogens is 711 g/mol. The van der Waals surface area contributed by atoms with Gasteiger partial charge in [0.1, 0.15) is 37.1 Å². The Hall–Kier alpha value is -4.91. The Labute approximate surface area is 329 Å². The summed E-state index contributed by atoms with van der Waals surface area (Å²) in [5, 5.41) is 15.0. The van der Waals surface area contributed by atoms with Crippen LogP contribution in [0, 0.1) is 0 Å². The first-order chi connectivity index (χ1) is 27.6. The quantitative estimate of drug-likeness (QED) is 0.0740. The molecule has 0 aromatic heterocycles. The third-order valence-electron chi connectivity index (χ3n) is 9.28. The Morgan fingerprint density at radius 1 is 0.589 bits per heavy atom. The van der Waals surface area contributed by atoms with Gasteiger partial charge < -0.3 is 43.6 Å². The van der Waals surface area contributed by atoms with Crippen LogP contribution in [0.25, 0.3) is 0 Å². The Bertz CT molecular complexity index is 1800. The molecule has 6 atom stereocenters. The number of rotatable bonds is 21. The van der Waals surface area contributed by atoms with Crippen LogP contribution >= 0.6 is 0 Å². The number of aliphatic hydroxyl groups excluding tert-OH is 1. The molecule has 56 heavy (non-hydrogen) atoms. The van der Waals surface area contributed by atoms with Gasteiger partial charge in [0.2, 0.25) is 0 Å². The number of hydrogen-bond acceptors (Lipinski definition) is 9. The molecule has 1 aliphatic rings. The number of nitrogens with one attached hydrogen (secondary N) is 1. The average molecular weight is 762 g/mol. The van der Waals surface area contributed by atoms with Gasteiger partial charge in [-0.05, 0) is 34.2 Å². The molecule has 10 heteroatoms. The zero-order valence-corrected chi connectivity index (χ0v) is 31.5. The van der Waals surface area contributed by atoms with E-state index in [0.717, 1.165) is 27.8 Å². The van der Waals surface area contributed by atoms with Crippen LogP contribution < -0.4 is 5.32 Å². The molecular formula is C46H51NO9. The fourth-order valence-electron chi connectivity index (χ4n) is 6.31. The third-order valence-corrected chi connectivity index (χ3v) is 9.28. The lowest BCUT2D eigenvalue weighted by Crippen LogP contribution is -2.63. The summed E-state index contributed by atoms with van der Waals surface area (Å²) in [6, 6.07) is 48.8. The lowest BCUT2D eigenvalue weighted by Gasteiger charge is -2.46. The van der Waals surface area contributed by atoms with Crippen molar-refractivity contribution in [2.45, 2.75) is 76.3 Å². The number of hydrogen-bond donors (Lipinski definition) is 2. The van der Waals surface area contributed by atoms with Crippen molar-refractivity contribution in [1.29, 1.82) is 0 Å². The van der Waals surface area contributed by atoms with E-state index >= 15 is 0 Å². The Balaban J connectivity index is 1.18. The van der Waals surface area contributed by atoms with Crippen LogP contribution in [0.4, 0.5) is 4.79 Å². The topological polar surface area (TPSA) is 114 Å². The number of ether oxygens (including phenoxy) is 7. The molecule has 0 radical (unpaired) electrons. The van der Waals surface area contributed by atoms with Crippen molar-refractivity contribution in [3.05, 3.63) is 179 Å². The second-order valence-electron chi connectivity index (χ2n) is 13.5. The van der Waals surface area contributed by atoms with Gasteiger partial charge in [-0.1, -0.05) is 152 Å². The number of alkyl carbamates (subject to hydrolysis) is 1. The van der Waals surface area contributed by atoms with E-state index in [1.807, 2.05) is 152 Å². The maximum atomic E-state index is 12.4. The minimum absolute atomic E-state index is 0.154. The highest BCUT2D eigenvalue weighted by Crippen LogP contribution is 2.31. The van der Waals surface area contributed by atoms with E-state index < -0.39 is 42.9 Å². The molecule has 0 aliphatic carbocycles. The summed E-state index contributed by atoms with van der Waals surface area (Å²) in [4.78, 5) is 12.4. The largest absolute Gasteiger partial charge is 0.445 e. The van der Waals surface area contributed by atoms with Crippen LogP contribution in [-0.4, -0.2) is 67.8 Å². The van der Waals surface area contributed by atoms with E-state index in [2.05, 4.69) is 5.32 Å². The smallest absolute Gasteiger partial charge is 0.407 e. The van der Waals surface area contributed by atoms with Crippen molar-refractivity contribution in [3.8, 4) is 0 Å². The summed E-state index contributed by atoms with van der Waals surface area (Å²) in [7, 11) is 0. The minimum atomic E-state index is -1.17. The highest BCUT2D eigenvalue weighted by atomic mass is 16.7. The summed E-state index contributed by atoms with van der Waals surface area (Å²) in [5.41, 5.74) is 4.77. The molecule has 1 saturated heterocycles. The molecule has 2 N–H and O–H groups in total. The average Bonchev–Trinajstić information content (AvgIpc) is 3.25. The Morgan fingerprint density at radius 3 is 1.59 bits per heavy atom. The van der Waals surface area contributed by atoms with E-state index in [4.69, 9.17) is 33.2 Å². The fourth-order valence-corrected chi connectivity index (χ4v) is 6.31. The van der Waals surface area contributed by atoms with E-state index in [9.17, 15) is 9.90 Å². The van der Waals surface area contributed by atoms with Crippen molar-refractivity contribution in [3.63, 3.8) is 0 Å². The van der Waals surface area contributed by atoms with Crippen molar-refractivity contribution in [1.82, 2.24) is 5.32 Å². The van der Waals surface area contributed by atoms with E-state index in [1.165, 1.54) is 0 Å². The second-order valence-corrected chi connectivity index (χ2v) is 13.5. The van der Waals surface area contributed by atoms with Crippen LogP contribution in [-0.2, 0) is 66.2 Å². The summed E-state index contributed by atoms with van der Waals surface area (Å²) < 4.78 is 44.2. The standard InChI is InChI=1S/C46H51NO9/c48-41-43(53-31-37-21-10-3-11-22-37)42(40(52-30-36-19-8-2-9-20-36)34-50-29-35-17-6-1-7-18-35)56-45(44(41)54-32-38-23-12-4-13-24-38)51-28-16-27-47-46(49)55-33-39-25-14-5-15-26-39/h1-15,17-26,40-45,48H,16,27-34H2,(H,47,49)/t40-,41-,42+,43-,44-,45+/m0/s1. The summed E-state index contributed by atoms with van der Waals surface area (Å²) in [6.07, 6.45) is -5.53. The lowest BCUT2D eigenvalue weighted by atomic mass is 9.94. The van der Waals surface area contributed by atoms with Crippen molar-refractivity contribution in [2.24, 2.45) is 0 Å². The Morgan fingerprint density at radius 2 is 1.05 bits per heavy atom. The highest BCUT2D eigenvalue weighted by Gasteiger charge is 2.50.